The molecule has 0 aliphatic heterocycles. The lowest BCUT2D eigenvalue weighted by Crippen LogP contribution is -2.26. The van der Waals surface area contributed by atoms with Crippen LogP contribution in [0.15, 0.2) is 22.7 Å². The van der Waals surface area contributed by atoms with Crippen LogP contribution in [0.2, 0.25) is 0 Å². The fraction of sp³-hybridized carbons (Fsp3) is 0.417. The minimum absolute atomic E-state index is 0.156. The molecule has 0 aliphatic rings. The van der Waals surface area contributed by atoms with E-state index in [1.165, 1.54) is 0 Å². The summed E-state index contributed by atoms with van der Waals surface area (Å²) in [5.41, 5.74) is 6.71. The number of amides is 1. The van der Waals surface area contributed by atoms with Gasteiger partial charge in [-0.05, 0) is 30.4 Å². The summed E-state index contributed by atoms with van der Waals surface area (Å²) in [5, 5.41) is 11.4. The van der Waals surface area contributed by atoms with Gasteiger partial charge in [0.05, 0.1) is 5.56 Å². The van der Waals surface area contributed by atoms with E-state index in [0.717, 1.165) is 22.4 Å². The van der Waals surface area contributed by atoms with Crippen molar-refractivity contribution in [2.45, 2.75) is 6.42 Å². The first-order valence-electron chi connectivity index (χ1n) is 5.67. The summed E-state index contributed by atoms with van der Waals surface area (Å²) in [4.78, 5) is 11.8. The molecule has 0 spiro atoms. The van der Waals surface area contributed by atoms with Gasteiger partial charge < -0.3 is 16.2 Å². The zero-order valence-electron chi connectivity index (χ0n) is 9.99. The average Bonchev–Trinajstić information content (AvgIpc) is 2.36. The monoisotopic (exact) mass is 332 g/mol. The number of anilines is 1. The number of hydrogen-bond acceptors (Lipinski definition) is 4. The summed E-state index contributed by atoms with van der Waals surface area (Å²) < 4.78 is 0.833. The van der Waals surface area contributed by atoms with Crippen LogP contribution in [0, 0.1) is 0 Å². The molecule has 0 fully saturated rings. The number of nitrogens with two attached hydrogens (primary N) is 1. The van der Waals surface area contributed by atoms with Gasteiger partial charge in [-0.2, -0.15) is 11.8 Å². The quantitative estimate of drug-likeness (QED) is 0.526. The zero-order chi connectivity index (χ0) is 13.4. The second kappa shape index (κ2) is 8.39. The first-order valence-corrected chi connectivity index (χ1v) is 7.61. The third-order valence-electron chi connectivity index (χ3n) is 2.24. The molecule has 6 heteroatoms. The fourth-order valence-electron chi connectivity index (χ4n) is 1.33. The Labute approximate surface area is 119 Å². The van der Waals surface area contributed by atoms with Gasteiger partial charge in [0.15, 0.2) is 0 Å². The van der Waals surface area contributed by atoms with E-state index in [1.54, 1.807) is 30.0 Å². The zero-order valence-corrected chi connectivity index (χ0v) is 12.4. The maximum Gasteiger partial charge on any atom is 0.253 e. The molecule has 4 N–H and O–H groups in total. The highest BCUT2D eigenvalue weighted by Crippen LogP contribution is 2.18. The van der Waals surface area contributed by atoms with Gasteiger partial charge in [0.1, 0.15) is 0 Å². The lowest BCUT2D eigenvalue weighted by Gasteiger charge is -2.07. The largest absolute Gasteiger partial charge is 0.398 e. The molecule has 0 radical (unpaired) electrons. The maximum absolute atomic E-state index is 11.8. The van der Waals surface area contributed by atoms with E-state index in [9.17, 15) is 4.79 Å². The summed E-state index contributed by atoms with van der Waals surface area (Å²) in [6.45, 7) is 0.814. The Balaban J connectivity index is 2.34. The van der Waals surface area contributed by atoms with E-state index < -0.39 is 0 Å². The SMILES string of the molecule is Nc1ccc(Br)cc1C(=O)NCCSCCCO. The van der Waals surface area contributed by atoms with Crippen LogP contribution in [0.1, 0.15) is 16.8 Å². The molecule has 1 aromatic rings. The number of benzene rings is 1. The van der Waals surface area contributed by atoms with Crippen molar-refractivity contribution < 1.29 is 9.90 Å². The second-order valence-corrected chi connectivity index (χ2v) is 5.82. The standard InChI is InChI=1S/C12H17BrN2O2S/c13-9-2-3-11(14)10(8-9)12(17)15-4-7-18-6-1-5-16/h2-3,8,16H,1,4-7,14H2,(H,15,17). The summed E-state index contributed by atoms with van der Waals surface area (Å²) in [6, 6.07) is 5.22. The molecule has 0 atom stereocenters. The molecule has 1 rings (SSSR count). The number of halogens is 1. The van der Waals surface area contributed by atoms with Crippen LogP contribution in [0.25, 0.3) is 0 Å². The number of hydrogen-bond donors (Lipinski definition) is 3. The Kier molecular flexibility index (Phi) is 7.15. The molecular weight excluding hydrogens is 316 g/mol. The van der Waals surface area contributed by atoms with Crippen molar-refractivity contribution in [3.63, 3.8) is 0 Å². The van der Waals surface area contributed by atoms with Crippen molar-refractivity contribution in [1.82, 2.24) is 5.32 Å². The molecule has 18 heavy (non-hydrogen) atoms. The smallest absolute Gasteiger partial charge is 0.253 e. The highest BCUT2D eigenvalue weighted by molar-refractivity contribution is 9.10. The van der Waals surface area contributed by atoms with Crippen molar-refractivity contribution in [2.75, 3.05) is 30.4 Å². The second-order valence-electron chi connectivity index (χ2n) is 3.68. The first-order chi connectivity index (χ1) is 8.65. The number of carbonyl (C=O) groups is 1. The number of rotatable bonds is 7. The Morgan fingerprint density at radius 3 is 2.94 bits per heavy atom. The summed E-state index contributed by atoms with van der Waals surface area (Å²) in [6.07, 6.45) is 0.789. The van der Waals surface area contributed by atoms with Gasteiger partial charge in [-0.1, -0.05) is 15.9 Å². The van der Waals surface area contributed by atoms with Crippen molar-refractivity contribution in [3.05, 3.63) is 28.2 Å². The number of nitrogen functional groups attached to an aromatic ring is 1. The molecule has 0 saturated heterocycles. The Bertz CT molecular complexity index is 402. The molecule has 0 aliphatic carbocycles. The van der Waals surface area contributed by atoms with Gasteiger partial charge in [0, 0.05) is 29.1 Å². The first kappa shape index (κ1) is 15.3. The number of aliphatic hydroxyl groups is 1. The van der Waals surface area contributed by atoms with Gasteiger partial charge >= 0.3 is 0 Å². The predicted octanol–water partition coefficient (Wildman–Crippen LogP) is 1.88. The van der Waals surface area contributed by atoms with E-state index in [1.807, 2.05) is 0 Å². The van der Waals surface area contributed by atoms with Crippen LogP contribution in [-0.2, 0) is 0 Å². The summed E-state index contributed by atoms with van der Waals surface area (Å²) in [5.74, 6) is 1.59. The number of nitrogens with one attached hydrogen (secondary N) is 1. The van der Waals surface area contributed by atoms with Gasteiger partial charge in [0.2, 0.25) is 0 Å². The van der Waals surface area contributed by atoms with Crippen molar-refractivity contribution in [1.29, 1.82) is 0 Å². The van der Waals surface area contributed by atoms with E-state index in [2.05, 4.69) is 21.2 Å². The van der Waals surface area contributed by atoms with Gasteiger partial charge in [-0.15, -0.1) is 0 Å². The number of carbonyl (C=O) groups excluding carboxylic acids is 1. The molecule has 0 bridgehead atoms. The minimum atomic E-state index is -0.156. The third kappa shape index (κ3) is 5.29. The van der Waals surface area contributed by atoms with Crippen LogP contribution in [-0.4, -0.2) is 35.7 Å². The highest BCUT2D eigenvalue weighted by Gasteiger charge is 2.09. The van der Waals surface area contributed by atoms with Crippen LogP contribution in [0.3, 0.4) is 0 Å². The van der Waals surface area contributed by atoms with Crippen LogP contribution in [0.4, 0.5) is 5.69 Å². The molecule has 100 valence electrons. The fourth-order valence-corrected chi connectivity index (χ4v) is 2.47. The molecule has 0 aromatic heterocycles. The highest BCUT2D eigenvalue weighted by atomic mass is 79.9. The Hall–Kier alpha value is -0.720. The van der Waals surface area contributed by atoms with Crippen LogP contribution < -0.4 is 11.1 Å². The predicted molar refractivity (Wildman–Crippen MR) is 79.9 cm³/mol. The van der Waals surface area contributed by atoms with Crippen LogP contribution in [0.5, 0.6) is 0 Å². The minimum Gasteiger partial charge on any atom is -0.398 e. The Morgan fingerprint density at radius 2 is 2.22 bits per heavy atom. The molecule has 1 amide bonds. The average molecular weight is 333 g/mol. The molecule has 0 unspecified atom stereocenters. The summed E-state index contributed by atoms with van der Waals surface area (Å²) >= 11 is 5.02. The maximum atomic E-state index is 11.8. The number of thioether (sulfide) groups is 1. The Morgan fingerprint density at radius 1 is 1.44 bits per heavy atom. The lowest BCUT2D eigenvalue weighted by molar-refractivity contribution is 0.0957. The van der Waals surface area contributed by atoms with Crippen molar-refractivity contribution in [3.8, 4) is 0 Å². The normalized spacial score (nSPS) is 10.3. The van der Waals surface area contributed by atoms with E-state index >= 15 is 0 Å². The lowest BCUT2D eigenvalue weighted by atomic mass is 10.2. The van der Waals surface area contributed by atoms with E-state index in [4.69, 9.17) is 10.8 Å². The van der Waals surface area contributed by atoms with Gasteiger partial charge in [-0.25, -0.2) is 0 Å². The molecule has 4 nitrogen and oxygen atoms in total. The van der Waals surface area contributed by atoms with Gasteiger partial charge in [0.25, 0.3) is 5.91 Å². The molecular formula is C12H17BrN2O2S. The molecule has 1 aromatic carbocycles. The third-order valence-corrected chi connectivity index (χ3v) is 3.80. The van der Waals surface area contributed by atoms with Crippen molar-refractivity contribution >= 4 is 39.3 Å². The summed E-state index contributed by atoms with van der Waals surface area (Å²) in [7, 11) is 0. The van der Waals surface area contributed by atoms with E-state index in [0.29, 0.717) is 17.8 Å². The molecule has 0 saturated carbocycles. The van der Waals surface area contributed by atoms with Gasteiger partial charge in [-0.3, -0.25) is 4.79 Å². The topological polar surface area (TPSA) is 75.4 Å². The number of aliphatic hydroxyl groups excluding tert-OH is 1. The van der Waals surface area contributed by atoms with E-state index in [-0.39, 0.29) is 12.5 Å². The van der Waals surface area contributed by atoms with Crippen molar-refractivity contribution in [2.24, 2.45) is 0 Å². The molecule has 0 heterocycles. The van der Waals surface area contributed by atoms with Crippen LogP contribution >= 0.6 is 27.7 Å².